The van der Waals surface area contributed by atoms with Gasteiger partial charge in [0, 0.05) is 11.1 Å². The van der Waals surface area contributed by atoms with Crippen LogP contribution in [0.1, 0.15) is 67.8 Å². The van der Waals surface area contributed by atoms with Crippen molar-refractivity contribution in [1.29, 1.82) is 0 Å². The van der Waals surface area contributed by atoms with Crippen LogP contribution in [-0.4, -0.2) is 23.7 Å². The van der Waals surface area contributed by atoms with Gasteiger partial charge in [-0.2, -0.15) is 0 Å². The number of carbonyl (C=O) groups excluding carboxylic acids is 3. The van der Waals surface area contributed by atoms with E-state index in [4.69, 9.17) is 4.74 Å². The number of nitrogens with one attached hydrogen (secondary N) is 1. The average Bonchev–Trinajstić information content (AvgIpc) is 2.65. The van der Waals surface area contributed by atoms with E-state index in [0.717, 1.165) is 5.56 Å². The van der Waals surface area contributed by atoms with E-state index < -0.39 is 12.0 Å². The minimum absolute atomic E-state index is 0.00276. The van der Waals surface area contributed by atoms with Crippen molar-refractivity contribution in [2.45, 2.75) is 53.0 Å². The Labute approximate surface area is 172 Å². The Balaban J connectivity index is 2.09. The Kier molecular flexibility index (Phi) is 6.96. The van der Waals surface area contributed by atoms with E-state index in [1.54, 1.807) is 36.4 Å². The molecule has 5 heteroatoms. The largest absolute Gasteiger partial charge is 0.425 e. The van der Waals surface area contributed by atoms with Gasteiger partial charge in [-0.1, -0.05) is 46.8 Å². The third-order valence-electron chi connectivity index (χ3n) is 4.70. The first-order chi connectivity index (χ1) is 13.5. The molecule has 0 aromatic heterocycles. The van der Waals surface area contributed by atoms with Crippen LogP contribution in [0.2, 0.25) is 0 Å². The maximum absolute atomic E-state index is 12.6. The summed E-state index contributed by atoms with van der Waals surface area (Å²) in [4.78, 5) is 36.6. The summed E-state index contributed by atoms with van der Waals surface area (Å²) in [6, 6.07) is 12.9. The Hall–Kier alpha value is -2.95. The standard InChI is InChI=1S/C24H29NO4/c1-15(2)21(23(28)29-20-13-9-17(10-14-20)16(3)26)25-22(27)18-7-11-19(12-8-18)24(4,5)6/h7-15,21H,1-6H3,(H,25,27)/t21-/m0/s1. The van der Waals surface area contributed by atoms with Crippen LogP contribution in [0.5, 0.6) is 5.75 Å². The van der Waals surface area contributed by atoms with Crippen LogP contribution < -0.4 is 10.1 Å². The Morgan fingerprint density at radius 2 is 1.38 bits per heavy atom. The molecule has 0 radical (unpaired) electrons. The monoisotopic (exact) mass is 395 g/mol. The maximum Gasteiger partial charge on any atom is 0.334 e. The number of rotatable bonds is 6. The van der Waals surface area contributed by atoms with E-state index >= 15 is 0 Å². The fraction of sp³-hybridized carbons (Fsp3) is 0.375. The van der Waals surface area contributed by atoms with E-state index in [2.05, 4.69) is 26.1 Å². The van der Waals surface area contributed by atoms with Gasteiger partial charge in [0.1, 0.15) is 11.8 Å². The van der Waals surface area contributed by atoms with Crippen LogP contribution in [0.15, 0.2) is 48.5 Å². The van der Waals surface area contributed by atoms with Gasteiger partial charge in [0.15, 0.2) is 5.78 Å². The number of amides is 1. The zero-order chi connectivity index (χ0) is 21.8. The van der Waals surface area contributed by atoms with Gasteiger partial charge in [0.05, 0.1) is 0 Å². The van der Waals surface area contributed by atoms with Crippen molar-refractivity contribution in [3.8, 4) is 5.75 Å². The second kappa shape index (κ2) is 9.03. The maximum atomic E-state index is 12.6. The van der Waals surface area contributed by atoms with Crippen molar-refractivity contribution in [3.63, 3.8) is 0 Å². The van der Waals surface area contributed by atoms with Gasteiger partial charge in [0.25, 0.3) is 5.91 Å². The molecule has 29 heavy (non-hydrogen) atoms. The third-order valence-corrected chi connectivity index (χ3v) is 4.70. The highest BCUT2D eigenvalue weighted by atomic mass is 16.5. The zero-order valence-electron chi connectivity index (χ0n) is 17.9. The van der Waals surface area contributed by atoms with E-state index in [-0.39, 0.29) is 23.0 Å². The van der Waals surface area contributed by atoms with E-state index in [1.165, 1.54) is 6.92 Å². The summed E-state index contributed by atoms with van der Waals surface area (Å²) in [5.41, 5.74) is 2.15. The van der Waals surface area contributed by atoms with Gasteiger partial charge in [-0.3, -0.25) is 9.59 Å². The normalized spacial score (nSPS) is 12.4. The molecule has 154 valence electrons. The summed E-state index contributed by atoms with van der Waals surface area (Å²) in [7, 11) is 0. The van der Waals surface area contributed by atoms with Crippen LogP contribution in [0.25, 0.3) is 0 Å². The van der Waals surface area contributed by atoms with Crippen molar-refractivity contribution in [1.82, 2.24) is 5.32 Å². The van der Waals surface area contributed by atoms with Gasteiger partial charge in [0.2, 0.25) is 0 Å². The Bertz CT molecular complexity index is 875. The number of ketones is 1. The SMILES string of the molecule is CC(=O)c1ccc(OC(=O)[C@@H](NC(=O)c2ccc(C(C)(C)C)cc2)C(C)C)cc1. The van der Waals surface area contributed by atoms with Crippen LogP contribution in [0.3, 0.4) is 0 Å². The molecule has 2 aromatic carbocycles. The molecule has 0 aliphatic heterocycles. The molecule has 1 N–H and O–H groups in total. The zero-order valence-corrected chi connectivity index (χ0v) is 17.9. The fourth-order valence-corrected chi connectivity index (χ4v) is 2.78. The molecule has 0 bridgehead atoms. The minimum atomic E-state index is -0.794. The molecule has 0 fully saturated rings. The van der Waals surface area contributed by atoms with Crippen LogP contribution in [0.4, 0.5) is 0 Å². The quantitative estimate of drug-likeness (QED) is 0.443. The first-order valence-corrected chi connectivity index (χ1v) is 9.73. The molecular formula is C24H29NO4. The van der Waals surface area contributed by atoms with Crippen molar-refractivity contribution < 1.29 is 19.1 Å². The third kappa shape index (κ3) is 6.01. The van der Waals surface area contributed by atoms with Gasteiger partial charge >= 0.3 is 5.97 Å². The lowest BCUT2D eigenvalue weighted by Crippen LogP contribution is -2.46. The highest BCUT2D eigenvalue weighted by molar-refractivity contribution is 5.97. The van der Waals surface area contributed by atoms with Gasteiger partial charge < -0.3 is 10.1 Å². The summed E-state index contributed by atoms with van der Waals surface area (Å²) in [6.45, 7) is 11.5. The van der Waals surface area contributed by atoms with E-state index in [1.807, 2.05) is 26.0 Å². The molecule has 2 aromatic rings. The Morgan fingerprint density at radius 1 is 0.862 bits per heavy atom. The number of benzene rings is 2. The highest BCUT2D eigenvalue weighted by Crippen LogP contribution is 2.22. The molecule has 2 rings (SSSR count). The predicted molar refractivity (Wildman–Crippen MR) is 113 cm³/mol. The molecule has 0 spiro atoms. The summed E-state index contributed by atoms with van der Waals surface area (Å²) < 4.78 is 5.41. The predicted octanol–water partition coefficient (Wildman–Crippen LogP) is 4.55. The van der Waals surface area contributed by atoms with Gasteiger partial charge in [-0.15, -0.1) is 0 Å². The molecule has 0 saturated heterocycles. The van der Waals surface area contributed by atoms with Gasteiger partial charge in [-0.25, -0.2) is 4.79 Å². The number of Topliss-reactive ketones (excluding diaryl/α,β-unsaturated/α-hetero) is 1. The molecule has 1 amide bonds. The van der Waals surface area contributed by atoms with Crippen molar-refractivity contribution in [3.05, 3.63) is 65.2 Å². The molecule has 5 nitrogen and oxygen atoms in total. The Morgan fingerprint density at radius 3 is 1.83 bits per heavy atom. The minimum Gasteiger partial charge on any atom is -0.425 e. The average molecular weight is 395 g/mol. The van der Waals surface area contributed by atoms with Gasteiger partial charge in [-0.05, 0) is 60.2 Å². The van der Waals surface area contributed by atoms with Crippen molar-refractivity contribution in [2.75, 3.05) is 0 Å². The highest BCUT2D eigenvalue weighted by Gasteiger charge is 2.27. The molecule has 0 heterocycles. The first-order valence-electron chi connectivity index (χ1n) is 9.73. The van der Waals surface area contributed by atoms with Crippen LogP contribution >= 0.6 is 0 Å². The van der Waals surface area contributed by atoms with Crippen LogP contribution in [0, 0.1) is 5.92 Å². The molecule has 0 unspecified atom stereocenters. The fourth-order valence-electron chi connectivity index (χ4n) is 2.78. The van der Waals surface area contributed by atoms with E-state index in [0.29, 0.717) is 16.9 Å². The lowest BCUT2D eigenvalue weighted by atomic mass is 9.86. The summed E-state index contributed by atoms with van der Waals surface area (Å²) in [6.07, 6.45) is 0. The number of hydrogen-bond donors (Lipinski definition) is 1. The second-order valence-electron chi connectivity index (χ2n) is 8.52. The molecule has 0 aliphatic carbocycles. The topological polar surface area (TPSA) is 72.5 Å². The smallest absolute Gasteiger partial charge is 0.334 e. The summed E-state index contributed by atoms with van der Waals surface area (Å²) >= 11 is 0. The molecular weight excluding hydrogens is 366 g/mol. The van der Waals surface area contributed by atoms with Crippen molar-refractivity contribution in [2.24, 2.45) is 5.92 Å². The lowest BCUT2D eigenvalue weighted by molar-refractivity contribution is -0.137. The number of carbonyl (C=O) groups is 3. The van der Waals surface area contributed by atoms with E-state index in [9.17, 15) is 14.4 Å². The number of hydrogen-bond acceptors (Lipinski definition) is 4. The van der Waals surface area contributed by atoms with Crippen LogP contribution in [-0.2, 0) is 10.2 Å². The second-order valence-corrected chi connectivity index (χ2v) is 8.52. The summed E-state index contributed by atoms with van der Waals surface area (Å²) in [5.74, 6) is -0.762. The number of esters is 1. The number of ether oxygens (including phenoxy) is 1. The first kappa shape index (κ1) is 22.3. The molecule has 1 atom stereocenters. The molecule has 0 aliphatic rings. The lowest BCUT2D eigenvalue weighted by Gasteiger charge is -2.22. The molecule has 0 saturated carbocycles. The summed E-state index contributed by atoms with van der Waals surface area (Å²) in [5, 5.41) is 2.77. The van der Waals surface area contributed by atoms with Crippen molar-refractivity contribution >= 4 is 17.7 Å².